The van der Waals surface area contributed by atoms with Gasteiger partial charge in [0.25, 0.3) is 0 Å². The molecular weight excluding hydrogens is 112 g/mol. The Morgan fingerprint density at radius 1 is 1.86 bits per heavy atom. The molecule has 0 aliphatic carbocycles. The van der Waals surface area contributed by atoms with Gasteiger partial charge in [0, 0.05) is 0 Å². The first-order valence-electron chi connectivity index (χ1n) is 1.85. The zero-order valence-electron chi connectivity index (χ0n) is 3.99. The Hall–Kier alpha value is -0.480. The summed E-state index contributed by atoms with van der Waals surface area (Å²) in [4.78, 5) is 9.87. The minimum absolute atomic E-state index is 0.165. The lowest BCUT2D eigenvalue weighted by atomic mass is 10.5. The summed E-state index contributed by atoms with van der Waals surface area (Å²) in [5, 5.41) is -0.394. The van der Waals surface area contributed by atoms with E-state index in [4.69, 9.17) is 11.6 Å². The van der Waals surface area contributed by atoms with Crippen LogP contribution >= 0.6 is 11.6 Å². The van der Waals surface area contributed by atoms with Gasteiger partial charge in [0.15, 0.2) is 0 Å². The van der Waals surface area contributed by atoms with Crippen LogP contribution in [0.4, 0.5) is 0 Å². The summed E-state index contributed by atoms with van der Waals surface area (Å²) in [6.07, 6.45) is 0.165. The molecule has 0 aromatic carbocycles. The van der Waals surface area contributed by atoms with Gasteiger partial charge in [-0.15, -0.1) is 5.92 Å². The molecule has 0 heterocycles. The summed E-state index contributed by atoms with van der Waals surface area (Å²) in [6.45, 7) is 1.67. The number of carbonyl (C=O) groups is 1. The molecule has 0 aliphatic rings. The average molecular weight is 117 g/mol. The third-order valence-electron chi connectivity index (χ3n) is 0.404. The predicted molar refractivity (Wildman–Crippen MR) is 28.9 cm³/mol. The normalized spacial score (nSPS) is 6.57. The highest BCUT2D eigenvalue weighted by atomic mass is 35.5. The molecule has 1 nitrogen and oxygen atoms in total. The zero-order valence-corrected chi connectivity index (χ0v) is 4.75. The molecule has 0 rings (SSSR count). The van der Waals surface area contributed by atoms with Crippen LogP contribution in [0.2, 0.25) is 0 Å². The highest BCUT2D eigenvalue weighted by Crippen LogP contribution is 1.83. The van der Waals surface area contributed by atoms with Crippen molar-refractivity contribution in [2.75, 3.05) is 0 Å². The van der Waals surface area contributed by atoms with Crippen molar-refractivity contribution >= 4 is 16.8 Å². The van der Waals surface area contributed by atoms with Gasteiger partial charge in [-0.2, -0.15) is 0 Å². The SMILES string of the molecule is CC#CCC(=O)Cl. The highest BCUT2D eigenvalue weighted by Gasteiger charge is 1.85. The van der Waals surface area contributed by atoms with E-state index in [9.17, 15) is 4.79 Å². The summed E-state index contributed by atoms with van der Waals surface area (Å²) in [5.74, 6) is 5.06. The summed E-state index contributed by atoms with van der Waals surface area (Å²) < 4.78 is 0. The van der Waals surface area contributed by atoms with Gasteiger partial charge < -0.3 is 0 Å². The number of halogens is 1. The van der Waals surface area contributed by atoms with E-state index in [-0.39, 0.29) is 6.42 Å². The minimum Gasteiger partial charge on any atom is -0.280 e. The summed E-state index contributed by atoms with van der Waals surface area (Å²) >= 11 is 4.92. The number of hydrogen-bond acceptors (Lipinski definition) is 1. The van der Waals surface area contributed by atoms with Crippen LogP contribution < -0.4 is 0 Å². The first-order valence-corrected chi connectivity index (χ1v) is 2.23. The molecule has 0 unspecified atom stereocenters. The van der Waals surface area contributed by atoms with Gasteiger partial charge >= 0.3 is 0 Å². The summed E-state index contributed by atoms with van der Waals surface area (Å²) in [5.41, 5.74) is 0. The molecule has 0 amide bonds. The lowest BCUT2D eigenvalue weighted by molar-refractivity contribution is -0.110. The fourth-order valence-corrected chi connectivity index (χ4v) is 0.225. The smallest absolute Gasteiger partial charge is 0.233 e. The molecular formula is C5H5ClO. The molecule has 38 valence electrons. The Morgan fingerprint density at radius 3 is 2.57 bits per heavy atom. The maximum absolute atomic E-state index is 9.87. The van der Waals surface area contributed by atoms with Crippen molar-refractivity contribution < 1.29 is 4.79 Å². The van der Waals surface area contributed by atoms with E-state index in [1.807, 2.05) is 0 Å². The van der Waals surface area contributed by atoms with Gasteiger partial charge in [-0.25, -0.2) is 0 Å². The van der Waals surface area contributed by atoms with E-state index in [0.717, 1.165) is 0 Å². The molecule has 0 bridgehead atoms. The first-order chi connectivity index (χ1) is 3.27. The largest absolute Gasteiger partial charge is 0.280 e. The second-order valence-electron chi connectivity index (χ2n) is 0.959. The molecule has 0 radical (unpaired) electrons. The van der Waals surface area contributed by atoms with Crippen molar-refractivity contribution in [3.8, 4) is 11.8 Å². The molecule has 0 aromatic rings. The Morgan fingerprint density at radius 2 is 2.43 bits per heavy atom. The highest BCUT2D eigenvalue weighted by molar-refractivity contribution is 6.63. The Bertz CT molecular complexity index is 118. The van der Waals surface area contributed by atoms with Crippen molar-refractivity contribution in [3.63, 3.8) is 0 Å². The molecule has 0 saturated heterocycles. The van der Waals surface area contributed by atoms with Crippen molar-refractivity contribution in [1.82, 2.24) is 0 Å². The van der Waals surface area contributed by atoms with E-state index < -0.39 is 5.24 Å². The van der Waals surface area contributed by atoms with Crippen molar-refractivity contribution in [3.05, 3.63) is 0 Å². The fraction of sp³-hybridized carbons (Fsp3) is 0.400. The topological polar surface area (TPSA) is 17.1 Å². The van der Waals surface area contributed by atoms with E-state index in [0.29, 0.717) is 0 Å². The standard InChI is InChI=1S/C5H5ClO/c1-2-3-4-5(6)7/h4H2,1H3. The number of hydrogen-bond donors (Lipinski definition) is 0. The monoisotopic (exact) mass is 116 g/mol. The lowest BCUT2D eigenvalue weighted by Crippen LogP contribution is -1.78. The van der Waals surface area contributed by atoms with Crippen molar-refractivity contribution in [2.45, 2.75) is 13.3 Å². The molecule has 0 aliphatic heterocycles. The van der Waals surface area contributed by atoms with E-state index >= 15 is 0 Å². The van der Waals surface area contributed by atoms with Gasteiger partial charge in [0.2, 0.25) is 5.24 Å². The maximum atomic E-state index is 9.87. The molecule has 0 spiro atoms. The van der Waals surface area contributed by atoms with Crippen molar-refractivity contribution in [2.24, 2.45) is 0 Å². The van der Waals surface area contributed by atoms with Crippen LogP contribution in [0.5, 0.6) is 0 Å². The van der Waals surface area contributed by atoms with E-state index in [1.54, 1.807) is 6.92 Å². The molecule has 0 atom stereocenters. The predicted octanol–water partition coefficient (Wildman–Crippen LogP) is 1.17. The summed E-state index contributed by atoms with van der Waals surface area (Å²) in [7, 11) is 0. The first kappa shape index (κ1) is 6.52. The molecule has 7 heavy (non-hydrogen) atoms. The molecule has 0 fully saturated rings. The molecule has 0 saturated carbocycles. The van der Waals surface area contributed by atoms with Crippen LogP contribution in [0.1, 0.15) is 13.3 Å². The Balaban J connectivity index is 3.26. The van der Waals surface area contributed by atoms with Gasteiger partial charge in [0.05, 0.1) is 6.42 Å². The molecule has 0 N–H and O–H groups in total. The number of carbonyl (C=O) groups excluding carboxylic acids is 1. The van der Waals surface area contributed by atoms with Crippen LogP contribution in [-0.2, 0) is 4.79 Å². The minimum atomic E-state index is -0.394. The van der Waals surface area contributed by atoms with Crippen LogP contribution in [-0.4, -0.2) is 5.24 Å². The van der Waals surface area contributed by atoms with Gasteiger partial charge in [-0.3, -0.25) is 4.79 Å². The number of rotatable bonds is 1. The van der Waals surface area contributed by atoms with Crippen LogP contribution in [0.3, 0.4) is 0 Å². The maximum Gasteiger partial charge on any atom is 0.233 e. The molecule has 0 aromatic heterocycles. The van der Waals surface area contributed by atoms with Gasteiger partial charge in [0.1, 0.15) is 0 Å². The van der Waals surface area contributed by atoms with E-state index in [2.05, 4.69) is 11.8 Å². The van der Waals surface area contributed by atoms with Crippen LogP contribution in [0.25, 0.3) is 0 Å². The Labute approximate surface area is 47.7 Å². The van der Waals surface area contributed by atoms with Crippen LogP contribution in [0, 0.1) is 11.8 Å². The van der Waals surface area contributed by atoms with Crippen LogP contribution in [0.15, 0.2) is 0 Å². The third kappa shape index (κ3) is 5.52. The van der Waals surface area contributed by atoms with Gasteiger partial charge in [-0.1, -0.05) is 5.92 Å². The molecule has 2 heteroatoms. The second kappa shape index (κ2) is 3.70. The second-order valence-corrected chi connectivity index (χ2v) is 1.38. The van der Waals surface area contributed by atoms with E-state index in [1.165, 1.54) is 0 Å². The summed E-state index contributed by atoms with van der Waals surface area (Å²) in [6, 6.07) is 0. The lowest BCUT2D eigenvalue weighted by Gasteiger charge is -1.71. The van der Waals surface area contributed by atoms with Crippen molar-refractivity contribution in [1.29, 1.82) is 0 Å². The fourth-order valence-electron chi connectivity index (χ4n) is 0.158. The van der Waals surface area contributed by atoms with Gasteiger partial charge in [-0.05, 0) is 18.5 Å². The third-order valence-corrected chi connectivity index (χ3v) is 0.538. The quantitative estimate of drug-likeness (QED) is 0.371. The Kier molecular flexibility index (Phi) is 3.45. The zero-order chi connectivity index (χ0) is 5.70. The average Bonchev–Trinajstić information content (AvgIpc) is 1.61.